The Balaban J connectivity index is 1.97. The lowest BCUT2D eigenvalue weighted by Crippen LogP contribution is -2.45. The molecule has 1 fully saturated rings. The summed E-state index contributed by atoms with van der Waals surface area (Å²) in [6.07, 6.45) is 1.24. The first-order valence-electron chi connectivity index (χ1n) is 6.49. The van der Waals surface area contributed by atoms with Crippen LogP contribution in [0.15, 0.2) is 22.7 Å². The summed E-state index contributed by atoms with van der Waals surface area (Å²) >= 11 is 3.34. The molecular weight excluding hydrogens is 313 g/mol. The van der Waals surface area contributed by atoms with Crippen molar-refractivity contribution < 1.29 is 14.2 Å². The number of hydrogen-bond donors (Lipinski definition) is 2. The first-order valence-corrected chi connectivity index (χ1v) is 7.28. The average molecular weight is 332 g/mol. The Morgan fingerprint density at radius 1 is 1.47 bits per heavy atom. The number of nitrogens with one attached hydrogen (secondary N) is 1. The minimum atomic E-state index is -0.741. The molecule has 0 radical (unpaired) electrons. The summed E-state index contributed by atoms with van der Waals surface area (Å²) in [5.41, 5.74) is -0.139. The highest BCUT2D eigenvalue weighted by Gasteiger charge is 2.30. The number of rotatable bonds is 4. The summed E-state index contributed by atoms with van der Waals surface area (Å²) in [7, 11) is 0. The van der Waals surface area contributed by atoms with E-state index in [4.69, 9.17) is 4.74 Å². The molecule has 0 aliphatic carbocycles. The van der Waals surface area contributed by atoms with E-state index in [1.807, 2.05) is 6.92 Å². The Labute approximate surface area is 121 Å². The predicted molar refractivity (Wildman–Crippen MR) is 75.5 cm³/mol. The molecule has 1 aliphatic rings. The molecule has 1 atom stereocenters. The summed E-state index contributed by atoms with van der Waals surface area (Å²) in [5.74, 6) is -0.234. The third kappa shape index (κ3) is 3.99. The molecule has 1 aliphatic heterocycles. The van der Waals surface area contributed by atoms with Crippen molar-refractivity contribution in [1.29, 1.82) is 0 Å². The Bertz CT molecular complexity index is 435. The van der Waals surface area contributed by atoms with Gasteiger partial charge in [0, 0.05) is 48.7 Å². The van der Waals surface area contributed by atoms with Gasteiger partial charge < -0.3 is 15.2 Å². The van der Waals surface area contributed by atoms with Crippen molar-refractivity contribution in [2.45, 2.75) is 31.4 Å². The number of aliphatic hydroxyl groups is 1. The molecule has 1 saturated heterocycles. The van der Waals surface area contributed by atoms with Gasteiger partial charge in [-0.15, -0.1) is 0 Å². The largest absolute Gasteiger partial charge is 0.388 e. The summed E-state index contributed by atoms with van der Waals surface area (Å²) in [5, 5.41) is 13.6. The van der Waals surface area contributed by atoms with Gasteiger partial charge in [-0.1, -0.05) is 15.9 Å². The van der Waals surface area contributed by atoms with Crippen LogP contribution in [0.4, 0.5) is 4.39 Å². The lowest BCUT2D eigenvalue weighted by Gasteiger charge is -2.33. The summed E-state index contributed by atoms with van der Waals surface area (Å²) in [6.45, 7) is 3.51. The highest BCUT2D eigenvalue weighted by Crippen LogP contribution is 2.24. The zero-order chi connectivity index (χ0) is 13.9. The molecule has 1 heterocycles. The molecule has 1 aromatic rings. The van der Waals surface area contributed by atoms with Gasteiger partial charge in [-0.05, 0) is 25.1 Å². The molecule has 3 nitrogen and oxygen atoms in total. The molecule has 2 rings (SSSR count). The minimum Gasteiger partial charge on any atom is -0.388 e. The smallest absolute Gasteiger partial charge is 0.128 e. The highest BCUT2D eigenvalue weighted by molar-refractivity contribution is 9.10. The fraction of sp³-hybridized carbons (Fsp3) is 0.571. The average Bonchev–Trinajstić information content (AvgIpc) is 2.40. The third-order valence-corrected chi connectivity index (χ3v) is 4.08. The predicted octanol–water partition coefficient (Wildman–Crippen LogP) is 2.78. The van der Waals surface area contributed by atoms with E-state index in [-0.39, 0.29) is 11.9 Å². The van der Waals surface area contributed by atoms with Gasteiger partial charge in [-0.3, -0.25) is 0 Å². The van der Waals surface area contributed by atoms with Crippen molar-refractivity contribution in [2.24, 2.45) is 0 Å². The fourth-order valence-corrected chi connectivity index (χ4v) is 2.61. The van der Waals surface area contributed by atoms with E-state index in [2.05, 4.69) is 21.2 Å². The molecule has 0 bridgehead atoms. The maximum Gasteiger partial charge on any atom is 0.128 e. The monoisotopic (exact) mass is 331 g/mol. The van der Waals surface area contributed by atoms with Gasteiger partial charge in [0.1, 0.15) is 5.82 Å². The molecule has 0 spiro atoms. The normalized spacial score (nSPS) is 20.2. The molecule has 19 heavy (non-hydrogen) atoms. The topological polar surface area (TPSA) is 41.5 Å². The summed E-state index contributed by atoms with van der Waals surface area (Å²) in [6, 6.07) is 4.74. The maximum absolute atomic E-state index is 13.7. The zero-order valence-corrected chi connectivity index (χ0v) is 12.5. The highest BCUT2D eigenvalue weighted by atomic mass is 79.9. The Morgan fingerprint density at radius 3 is 2.84 bits per heavy atom. The van der Waals surface area contributed by atoms with Crippen LogP contribution in [0, 0.1) is 5.82 Å². The molecule has 1 aromatic carbocycles. The van der Waals surface area contributed by atoms with Gasteiger partial charge >= 0.3 is 0 Å². The van der Waals surface area contributed by atoms with Crippen LogP contribution in [-0.4, -0.2) is 30.5 Å². The molecule has 106 valence electrons. The molecule has 0 saturated carbocycles. The third-order valence-electron chi connectivity index (χ3n) is 3.59. The molecule has 0 amide bonds. The van der Waals surface area contributed by atoms with Crippen molar-refractivity contribution >= 4 is 15.9 Å². The summed E-state index contributed by atoms with van der Waals surface area (Å²) in [4.78, 5) is 0. The number of halogens is 2. The maximum atomic E-state index is 13.7. The first-order chi connectivity index (χ1) is 9.00. The van der Waals surface area contributed by atoms with Crippen molar-refractivity contribution in [2.75, 3.05) is 19.8 Å². The minimum absolute atomic E-state index is 0.149. The van der Waals surface area contributed by atoms with E-state index in [0.29, 0.717) is 38.2 Å². The van der Waals surface area contributed by atoms with Crippen LogP contribution in [0.2, 0.25) is 0 Å². The molecule has 1 unspecified atom stereocenters. The first kappa shape index (κ1) is 14.9. The van der Waals surface area contributed by atoms with E-state index in [9.17, 15) is 9.50 Å². The van der Waals surface area contributed by atoms with E-state index in [0.717, 1.165) is 4.47 Å². The van der Waals surface area contributed by atoms with Crippen LogP contribution >= 0.6 is 15.9 Å². The Hall–Kier alpha value is -0.490. The van der Waals surface area contributed by atoms with Gasteiger partial charge in [0.05, 0.1) is 5.60 Å². The molecular formula is C14H19BrFNO2. The van der Waals surface area contributed by atoms with E-state index in [1.54, 1.807) is 12.1 Å². The van der Waals surface area contributed by atoms with Crippen LogP contribution in [0.25, 0.3) is 0 Å². The van der Waals surface area contributed by atoms with E-state index in [1.165, 1.54) is 6.07 Å². The van der Waals surface area contributed by atoms with Crippen LogP contribution in [0.1, 0.15) is 31.4 Å². The number of hydrogen-bond acceptors (Lipinski definition) is 3. The number of ether oxygens (including phenoxy) is 1. The van der Waals surface area contributed by atoms with Crippen molar-refractivity contribution in [3.8, 4) is 0 Å². The quantitative estimate of drug-likeness (QED) is 0.891. The fourth-order valence-electron chi connectivity index (χ4n) is 2.23. The van der Waals surface area contributed by atoms with E-state index >= 15 is 0 Å². The van der Waals surface area contributed by atoms with Gasteiger partial charge in [0.25, 0.3) is 0 Å². The standard InChI is InChI=1S/C14H19BrFNO2/c1-10(12-8-11(15)2-3-13(12)16)17-9-14(18)4-6-19-7-5-14/h2-3,8,10,17-18H,4-7,9H2,1H3. The lowest BCUT2D eigenvalue weighted by molar-refractivity contribution is -0.0626. The van der Waals surface area contributed by atoms with Gasteiger partial charge in [-0.25, -0.2) is 4.39 Å². The lowest BCUT2D eigenvalue weighted by atomic mass is 9.94. The van der Waals surface area contributed by atoms with Crippen molar-refractivity contribution in [1.82, 2.24) is 5.32 Å². The second-order valence-electron chi connectivity index (χ2n) is 5.11. The zero-order valence-electron chi connectivity index (χ0n) is 11.0. The Kier molecular flexibility index (Phi) is 4.95. The van der Waals surface area contributed by atoms with Crippen molar-refractivity contribution in [3.05, 3.63) is 34.1 Å². The second-order valence-corrected chi connectivity index (χ2v) is 6.02. The summed E-state index contributed by atoms with van der Waals surface area (Å²) < 4.78 is 19.8. The molecule has 5 heteroatoms. The van der Waals surface area contributed by atoms with Gasteiger partial charge in [0.15, 0.2) is 0 Å². The van der Waals surface area contributed by atoms with E-state index < -0.39 is 5.60 Å². The number of benzene rings is 1. The molecule has 2 N–H and O–H groups in total. The van der Waals surface area contributed by atoms with Gasteiger partial charge in [-0.2, -0.15) is 0 Å². The van der Waals surface area contributed by atoms with Crippen LogP contribution < -0.4 is 5.32 Å². The van der Waals surface area contributed by atoms with Crippen LogP contribution in [0.5, 0.6) is 0 Å². The molecule has 0 aromatic heterocycles. The van der Waals surface area contributed by atoms with Crippen molar-refractivity contribution in [3.63, 3.8) is 0 Å². The second kappa shape index (κ2) is 6.31. The Morgan fingerprint density at radius 2 is 2.16 bits per heavy atom. The van der Waals surface area contributed by atoms with Crippen LogP contribution in [0.3, 0.4) is 0 Å². The van der Waals surface area contributed by atoms with Gasteiger partial charge in [0.2, 0.25) is 0 Å². The SMILES string of the molecule is CC(NCC1(O)CCOCC1)c1cc(Br)ccc1F. The van der Waals surface area contributed by atoms with Crippen LogP contribution in [-0.2, 0) is 4.74 Å².